The molecule has 2 aromatic rings. The average molecular weight is 432 g/mol. The van der Waals surface area contributed by atoms with Gasteiger partial charge in [-0.05, 0) is 62.3 Å². The molecular formula is C24H27F3N2O2. The number of ether oxygens (including phenoxy) is 1. The molecule has 0 fully saturated rings. The second-order valence-corrected chi connectivity index (χ2v) is 7.73. The predicted molar refractivity (Wildman–Crippen MR) is 116 cm³/mol. The van der Waals surface area contributed by atoms with Gasteiger partial charge in [0.25, 0.3) is 0 Å². The molecule has 1 aliphatic heterocycles. The van der Waals surface area contributed by atoms with Crippen molar-refractivity contribution in [3.63, 3.8) is 0 Å². The topological polar surface area (TPSA) is 41.6 Å². The highest BCUT2D eigenvalue weighted by atomic mass is 19.4. The summed E-state index contributed by atoms with van der Waals surface area (Å²) >= 11 is 0. The lowest BCUT2D eigenvalue weighted by Crippen LogP contribution is -2.19. The number of likely N-dealkylation sites (N-methyl/N-ethyl adjacent to an activating group) is 1. The Hall–Kier alpha value is -2.80. The van der Waals surface area contributed by atoms with Crippen molar-refractivity contribution in [3.05, 3.63) is 71.8 Å². The van der Waals surface area contributed by atoms with Crippen molar-refractivity contribution in [2.24, 2.45) is 0 Å². The van der Waals surface area contributed by atoms with Gasteiger partial charge in [-0.25, -0.2) is 0 Å². The molecule has 0 bridgehead atoms. The van der Waals surface area contributed by atoms with Gasteiger partial charge in [0, 0.05) is 24.3 Å². The van der Waals surface area contributed by atoms with Crippen molar-refractivity contribution in [2.75, 3.05) is 38.6 Å². The Morgan fingerprint density at radius 3 is 2.65 bits per heavy atom. The fraction of sp³-hybridized carbons (Fsp3) is 0.375. The molecule has 2 aromatic carbocycles. The van der Waals surface area contributed by atoms with Crippen LogP contribution in [0.3, 0.4) is 0 Å². The first-order chi connectivity index (χ1) is 14.8. The molecule has 3 rings (SSSR count). The summed E-state index contributed by atoms with van der Waals surface area (Å²) in [5.74, 6) is 0.0253. The molecule has 31 heavy (non-hydrogen) atoms. The number of rotatable bonds is 10. The van der Waals surface area contributed by atoms with Gasteiger partial charge in [-0.2, -0.15) is 13.2 Å². The van der Waals surface area contributed by atoms with Gasteiger partial charge < -0.3 is 15.0 Å². The Morgan fingerprint density at radius 1 is 1.23 bits per heavy atom. The van der Waals surface area contributed by atoms with Crippen molar-refractivity contribution in [1.29, 1.82) is 0 Å². The van der Waals surface area contributed by atoms with Crippen molar-refractivity contribution in [3.8, 4) is 5.75 Å². The first-order valence-corrected chi connectivity index (χ1v) is 10.3. The number of Topliss-reactive ketones (excluding diaryl/α,β-unsaturated/α-hetero) is 1. The van der Waals surface area contributed by atoms with E-state index in [0.717, 1.165) is 49.3 Å². The van der Waals surface area contributed by atoms with Crippen LogP contribution in [0.1, 0.15) is 40.2 Å². The number of fused-ring (bicyclic) bond motifs is 1. The Kier molecular flexibility index (Phi) is 7.38. The molecule has 0 spiro atoms. The molecule has 1 unspecified atom stereocenters. The number of ketones is 1. The number of carbonyl (C=O) groups is 1. The Morgan fingerprint density at radius 2 is 1.97 bits per heavy atom. The van der Waals surface area contributed by atoms with Gasteiger partial charge in [-0.15, -0.1) is 6.58 Å². The van der Waals surface area contributed by atoms with Crippen LogP contribution >= 0.6 is 0 Å². The highest BCUT2D eigenvalue weighted by Crippen LogP contribution is 2.37. The van der Waals surface area contributed by atoms with Gasteiger partial charge in [0.15, 0.2) is 5.78 Å². The van der Waals surface area contributed by atoms with Gasteiger partial charge in [-0.3, -0.25) is 4.79 Å². The standard InChI is InChI=1S/C24H27F3N2O2/c1-3-12-29(2)13-4-5-14-31-19-10-11-22-20(15-19)21(16-28-22)23(30)17-6-8-18(9-7-17)24(25,26)27/h3,6-11,15,21,28H,1,4-5,12-14,16H2,2H3. The summed E-state index contributed by atoms with van der Waals surface area (Å²) in [6.07, 6.45) is -0.634. The number of halogens is 3. The summed E-state index contributed by atoms with van der Waals surface area (Å²) in [6, 6.07) is 9.97. The second-order valence-electron chi connectivity index (χ2n) is 7.73. The van der Waals surface area contributed by atoms with E-state index in [1.165, 1.54) is 12.1 Å². The van der Waals surface area contributed by atoms with Gasteiger partial charge in [0.1, 0.15) is 5.75 Å². The monoisotopic (exact) mass is 432 g/mol. The van der Waals surface area contributed by atoms with Crippen molar-refractivity contribution in [2.45, 2.75) is 24.9 Å². The number of unbranched alkanes of at least 4 members (excludes halogenated alkanes) is 1. The molecule has 7 heteroatoms. The summed E-state index contributed by atoms with van der Waals surface area (Å²) < 4.78 is 44.2. The van der Waals surface area contributed by atoms with Crippen molar-refractivity contribution < 1.29 is 22.7 Å². The van der Waals surface area contributed by atoms with Crippen LogP contribution < -0.4 is 10.1 Å². The van der Waals surface area contributed by atoms with Crippen LogP contribution in [0.25, 0.3) is 0 Å². The first-order valence-electron chi connectivity index (χ1n) is 10.3. The minimum atomic E-state index is -4.42. The predicted octanol–water partition coefficient (Wildman–Crippen LogP) is 5.37. The summed E-state index contributed by atoms with van der Waals surface area (Å²) in [4.78, 5) is 15.1. The zero-order valence-electron chi connectivity index (χ0n) is 17.5. The number of benzene rings is 2. The molecule has 1 N–H and O–H groups in total. The molecular weight excluding hydrogens is 405 g/mol. The molecule has 0 saturated carbocycles. The quantitative estimate of drug-likeness (QED) is 0.311. The van der Waals surface area contributed by atoms with E-state index in [0.29, 0.717) is 18.9 Å². The molecule has 0 aromatic heterocycles. The van der Waals surface area contributed by atoms with E-state index in [9.17, 15) is 18.0 Å². The third-order valence-corrected chi connectivity index (χ3v) is 5.35. The summed E-state index contributed by atoms with van der Waals surface area (Å²) in [5.41, 5.74) is 1.17. The van der Waals surface area contributed by atoms with E-state index in [1.54, 1.807) is 0 Å². The van der Waals surface area contributed by atoms with Crippen LogP contribution in [-0.4, -0.2) is 44.0 Å². The number of carbonyl (C=O) groups excluding carboxylic acids is 1. The Balaban J connectivity index is 1.60. The summed E-state index contributed by atoms with van der Waals surface area (Å²) in [6.45, 7) is 6.53. The molecule has 0 amide bonds. The third kappa shape index (κ3) is 5.88. The second kappa shape index (κ2) is 10.0. The highest BCUT2D eigenvalue weighted by Gasteiger charge is 2.32. The van der Waals surface area contributed by atoms with Crippen LogP contribution in [0.4, 0.5) is 18.9 Å². The van der Waals surface area contributed by atoms with Crippen molar-refractivity contribution in [1.82, 2.24) is 4.90 Å². The van der Waals surface area contributed by atoms with Gasteiger partial charge in [-0.1, -0.05) is 18.2 Å². The lowest BCUT2D eigenvalue weighted by atomic mass is 9.92. The molecule has 166 valence electrons. The lowest BCUT2D eigenvalue weighted by molar-refractivity contribution is -0.137. The number of hydrogen-bond donors (Lipinski definition) is 1. The largest absolute Gasteiger partial charge is 0.494 e. The van der Waals surface area contributed by atoms with Crippen LogP contribution in [-0.2, 0) is 6.18 Å². The normalized spacial score (nSPS) is 15.5. The van der Waals surface area contributed by atoms with Crippen molar-refractivity contribution >= 4 is 11.5 Å². The first kappa shape index (κ1) is 22.9. The van der Waals surface area contributed by atoms with E-state index in [-0.39, 0.29) is 11.3 Å². The summed E-state index contributed by atoms with van der Waals surface area (Å²) in [5, 5.41) is 3.19. The Labute approximate surface area is 180 Å². The number of nitrogens with one attached hydrogen (secondary N) is 1. The van der Waals surface area contributed by atoms with Crippen LogP contribution in [0.5, 0.6) is 5.75 Å². The number of anilines is 1. The SMILES string of the molecule is C=CCN(C)CCCCOc1ccc2c(c1)C(C(=O)c1ccc(C(F)(F)F)cc1)CN2. The average Bonchev–Trinajstić information content (AvgIpc) is 3.16. The minimum absolute atomic E-state index is 0.206. The smallest absolute Gasteiger partial charge is 0.416 e. The van der Waals surface area contributed by atoms with E-state index >= 15 is 0 Å². The Bertz CT molecular complexity index is 910. The van der Waals surface area contributed by atoms with Crippen LogP contribution in [0.2, 0.25) is 0 Å². The maximum Gasteiger partial charge on any atom is 0.416 e. The number of hydrogen-bond acceptors (Lipinski definition) is 4. The molecule has 4 nitrogen and oxygen atoms in total. The number of alkyl halides is 3. The molecule has 0 aliphatic carbocycles. The highest BCUT2D eigenvalue weighted by molar-refractivity contribution is 6.03. The third-order valence-electron chi connectivity index (χ3n) is 5.35. The molecule has 1 heterocycles. The van der Waals surface area contributed by atoms with Gasteiger partial charge in [0.2, 0.25) is 0 Å². The fourth-order valence-electron chi connectivity index (χ4n) is 3.65. The van der Waals surface area contributed by atoms with E-state index in [4.69, 9.17) is 4.74 Å². The summed E-state index contributed by atoms with van der Waals surface area (Å²) in [7, 11) is 2.05. The molecule has 1 aliphatic rings. The van der Waals surface area contributed by atoms with Gasteiger partial charge >= 0.3 is 6.18 Å². The van der Waals surface area contributed by atoms with E-state index < -0.39 is 17.7 Å². The lowest BCUT2D eigenvalue weighted by Gasteiger charge is -2.14. The zero-order chi connectivity index (χ0) is 22.4. The number of nitrogens with zero attached hydrogens (tertiary/aromatic N) is 1. The van der Waals surface area contributed by atoms with E-state index in [1.807, 2.05) is 31.3 Å². The maximum atomic E-state index is 12.9. The molecule has 1 atom stereocenters. The molecule has 0 saturated heterocycles. The van der Waals surface area contributed by atoms with Crippen LogP contribution in [0, 0.1) is 0 Å². The fourth-order valence-corrected chi connectivity index (χ4v) is 3.65. The minimum Gasteiger partial charge on any atom is -0.494 e. The molecule has 0 radical (unpaired) electrons. The van der Waals surface area contributed by atoms with Crippen LogP contribution in [0.15, 0.2) is 55.1 Å². The van der Waals surface area contributed by atoms with E-state index in [2.05, 4.69) is 16.8 Å². The maximum absolute atomic E-state index is 12.9. The van der Waals surface area contributed by atoms with Gasteiger partial charge in [0.05, 0.1) is 18.1 Å². The zero-order valence-corrected chi connectivity index (χ0v) is 17.5.